The number of amides is 1. The molecular weight excluding hydrogens is 475 g/mol. The lowest BCUT2D eigenvalue weighted by atomic mass is 10.2. The van der Waals surface area contributed by atoms with Gasteiger partial charge in [-0.1, -0.05) is 11.6 Å². The fraction of sp³-hybridized carbons (Fsp3) is 0.190. The van der Waals surface area contributed by atoms with Crippen LogP contribution in [0.4, 0.5) is 10.2 Å². The van der Waals surface area contributed by atoms with Crippen molar-refractivity contribution in [3.8, 4) is 11.6 Å². The number of rotatable bonds is 4. The van der Waals surface area contributed by atoms with Crippen LogP contribution in [0, 0.1) is 5.82 Å². The van der Waals surface area contributed by atoms with Crippen LogP contribution >= 0.6 is 27.5 Å². The average Bonchev–Trinajstić information content (AvgIpc) is 2.76. The molecule has 9 heteroatoms. The third-order valence-electron chi connectivity index (χ3n) is 4.70. The molecule has 3 aromatic rings. The van der Waals surface area contributed by atoms with Gasteiger partial charge in [-0.2, -0.15) is 0 Å². The van der Waals surface area contributed by atoms with Crippen molar-refractivity contribution in [1.29, 1.82) is 0 Å². The van der Waals surface area contributed by atoms with Crippen molar-refractivity contribution in [1.82, 2.24) is 14.9 Å². The van der Waals surface area contributed by atoms with E-state index < -0.39 is 0 Å². The quantitative estimate of drug-likeness (QED) is 0.525. The molecular formula is C21H17BrClFN4O2. The Labute approximate surface area is 186 Å². The highest BCUT2D eigenvalue weighted by Gasteiger charge is 2.25. The van der Waals surface area contributed by atoms with Crippen molar-refractivity contribution in [2.75, 3.05) is 31.1 Å². The van der Waals surface area contributed by atoms with Gasteiger partial charge in [0.15, 0.2) is 0 Å². The molecule has 0 N–H and O–H groups in total. The first-order chi connectivity index (χ1) is 14.5. The molecule has 1 saturated heterocycles. The first-order valence-corrected chi connectivity index (χ1v) is 10.4. The number of hydrogen-bond donors (Lipinski definition) is 0. The minimum absolute atomic E-state index is 0.167. The summed E-state index contributed by atoms with van der Waals surface area (Å²) in [6.45, 7) is 2.39. The third kappa shape index (κ3) is 4.55. The summed E-state index contributed by atoms with van der Waals surface area (Å²) >= 11 is 9.17. The van der Waals surface area contributed by atoms with Crippen molar-refractivity contribution >= 4 is 39.3 Å². The molecule has 0 unspecified atom stereocenters. The number of anilines is 1. The zero-order chi connectivity index (χ0) is 21.1. The van der Waals surface area contributed by atoms with E-state index in [0.29, 0.717) is 47.0 Å². The van der Waals surface area contributed by atoms with Gasteiger partial charge in [-0.25, -0.2) is 14.4 Å². The maximum absolute atomic E-state index is 13.3. The summed E-state index contributed by atoms with van der Waals surface area (Å²) < 4.78 is 19.6. The number of aromatic nitrogens is 2. The van der Waals surface area contributed by atoms with E-state index in [1.165, 1.54) is 18.2 Å². The van der Waals surface area contributed by atoms with E-state index in [0.717, 1.165) is 5.82 Å². The van der Waals surface area contributed by atoms with E-state index in [2.05, 4.69) is 30.8 Å². The second-order valence-electron chi connectivity index (χ2n) is 6.65. The van der Waals surface area contributed by atoms with Gasteiger partial charge >= 0.3 is 0 Å². The molecule has 0 saturated carbocycles. The van der Waals surface area contributed by atoms with Crippen molar-refractivity contribution < 1.29 is 13.9 Å². The molecule has 0 bridgehead atoms. The van der Waals surface area contributed by atoms with E-state index in [1.807, 2.05) is 6.07 Å². The smallest absolute Gasteiger partial charge is 0.259 e. The number of halogens is 3. The summed E-state index contributed by atoms with van der Waals surface area (Å²) in [7, 11) is 0. The highest BCUT2D eigenvalue weighted by atomic mass is 79.9. The van der Waals surface area contributed by atoms with Crippen LogP contribution in [0.5, 0.6) is 11.6 Å². The van der Waals surface area contributed by atoms with Crippen LogP contribution in [0.3, 0.4) is 0 Å². The molecule has 0 atom stereocenters. The van der Waals surface area contributed by atoms with Crippen molar-refractivity contribution in [3.05, 3.63) is 75.7 Å². The molecule has 2 aromatic heterocycles. The Morgan fingerprint density at radius 3 is 2.60 bits per heavy atom. The minimum Gasteiger partial charge on any atom is -0.437 e. The molecule has 4 rings (SSSR count). The number of carbonyl (C=O) groups is 1. The van der Waals surface area contributed by atoms with Crippen LogP contribution in [-0.4, -0.2) is 47.0 Å². The van der Waals surface area contributed by atoms with E-state index in [1.54, 1.807) is 35.5 Å². The van der Waals surface area contributed by atoms with E-state index in [9.17, 15) is 9.18 Å². The maximum Gasteiger partial charge on any atom is 0.259 e. The van der Waals surface area contributed by atoms with Crippen molar-refractivity contribution in [2.45, 2.75) is 0 Å². The lowest BCUT2D eigenvalue weighted by molar-refractivity contribution is 0.0743. The second-order valence-corrected chi connectivity index (χ2v) is 7.94. The minimum atomic E-state index is -0.389. The number of nitrogens with zero attached hydrogens (tertiary/aromatic N) is 4. The van der Waals surface area contributed by atoms with E-state index in [-0.39, 0.29) is 17.6 Å². The highest BCUT2D eigenvalue weighted by molar-refractivity contribution is 9.10. The predicted molar refractivity (Wildman–Crippen MR) is 116 cm³/mol. The van der Waals surface area contributed by atoms with Gasteiger partial charge in [0.05, 0.1) is 9.50 Å². The molecule has 1 amide bonds. The first kappa shape index (κ1) is 20.6. The highest BCUT2D eigenvalue weighted by Crippen LogP contribution is 2.31. The molecule has 1 fully saturated rings. The summed E-state index contributed by atoms with van der Waals surface area (Å²) in [5.41, 5.74) is 0.354. The van der Waals surface area contributed by atoms with Gasteiger partial charge in [-0.3, -0.25) is 4.79 Å². The average molecular weight is 492 g/mol. The van der Waals surface area contributed by atoms with E-state index >= 15 is 0 Å². The Kier molecular flexibility index (Phi) is 6.15. The zero-order valence-electron chi connectivity index (χ0n) is 15.8. The number of hydrogen-bond acceptors (Lipinski definition) is 5. The third-order valence-corrected chi connectivity index (χ3v) is 5.55. The second kappa shape index (κ2) is 8.97. The SMILES string of the molecule is O=C(c1cccnc1Oc1ccc(F)cc1Br)N1CCN(c2ccc(Cl)cn2)CC1. The topological polar surface area (TPSA) is 58.6 Å². The predicted octanol–water partition coefficient (Wildman–Crippen LogP) is 4.79. The Morgan fingerprint density at radius 2 is 1.90 bits per heavy atom. The number of piperazine rings is 1. The maximum atomic E-state index is 13.3. The Bertz CT molecular complexity index is 1060. The largest absolute Gasteiger partial charge is 0.437 e. The normalized spacial score (nSPS) is 14.0. The Morgan fingerprint density at radius 1 is 1.10 bits per heavy atom. The number of carbonyl (C=O) groups excluding carboxylic acids is 1. The summed E-state index contributed by atoms with van der Waals surface area (Å²) in [6.07, 6.45) is 3.16. The monoisotopic (exact) mass is 490 g/mol. The lowest BCUT2D eigenvalue weighted by Gasteiger charge is -2.35. The van der Waals surface area contributed by atoms with Gasteiger partial charge in [-0.05, 0) is 58.4 Å². The number of ether oxygens (including phenoxy) is 1. The van der Waals surface area contributed by atoms with E-state index in [4.69, 9.17) is 16.3 Å². The summed E-state index contributed by atoms with van der Waals surface area (Å²) in [5.74, 6) is 0.831. The number of pyridine rings is 2. The van der Waals surface area contributed by atoms with Crippen LogP contribution in [0.2, 0.25) is 5.02 Å². The molecule has 1 aliphatic rings. The van der Waals surface area contributed by atoms with Gasteiger partial charge in [0.1, 0.15) is 22.9 Å². The summed E-state index contributed by atoms with van der Waals surface area (Å²) in [6, 6.07) is 11.1. The number of benzene rings is 1. The van der Waals surface area contributed by atoms with Crippen LogP contribution in [0.15, 0.2) is 59.3 Å². The van der Waals surface area contributed by atoms with Gasteiger partial charge < -0.3 is 14.5 Å². The molecule has 6 nitrogen and oxygen atoms in total. The molecule has 0 radical (unpaired) electrons. The Hall–Kier alpha value is -2.71. The summed E-state index contributed by atoms with van der Waals surface area (Å²) in [5, 5.41) is 0.587. The molecule has 1 aliphatic heterocycles. The molecule has 154 valence electrons. The fourth-order valence-electron chi connectivity index (χ4n) is 3.16. The van der Waals surface area contributed by atoms with Crippen LogP contribution in [-0.2, 0) is 0 Å². The molecule has 30 heavy (non-hydrogen) atoms. The molecule has 0 spiro atoms. The van der Waals surface area contributed by atoms with Gasteiger partial charge in [0.2, 0.25) is 5.88 Å². The lowest BCUT2D eigenvalue weighted by Crippen LogP contribution is -2.49. The molecule has 0 aliphatic carbocycles. The van der Waals surface area contributed by atoms with Gasteiger partial charge in [0, 0.05) is 38.6 Å². The van der Waals surface area contributed by atoms with Gasteiger partial charge in [0.25, 0.3) is 5.91 Å². The fourth-order valence-corrected chi connectivity index (χ4v) is 3.70. The van der Waals surface area contributed by atoms with Crippen LogP contribution < -0.4 is 9.64 Å². The van der Waals surface area contributed by atoms with Crippen molar-refractivity contribution in [3.63, 3.8) is 0 Å². The van der Waals surface area contributed by atoms with Crippen LogP contribution in [0.25, 0.3) is 0 Å². The summed E-state index contributed by atoms with van der Waals surface area (Å²) in [4.78, 5) is 25.5. The van der Waals surface area contributed by atoms with Crippen molar-refractivity contribution in [2.24, 2.45) is 0 Å². The van der Waals surface area contributed by atoms with Crippen LogP contribution in [0.1, 0.15) is 10.4 Å². The zero-order valence-corrected chi connectivity index (χ0v) is 18.1. The molecule has 3 heterocycles. The standard InChI is InChI=1S/C21H17BrClFN4O2/c22-17-12-15(24)4-5-18(17)30-20-16(2-1-7-25-20)21(29)28-10-8-27(9-11-28)19-6-3-14(23)13-26-19/h1-7,12-13H,8-11H2. The first-order valence-electron chi connectivity index (χ1n) is 9.25. The molecule has 1 aromatic carbocycles. The Balaban J connectivity index is 1.47. The van der Waals surface area contributed by atoms with Gasteiger partial charge in [-0.15, -0.1) is 0 Å².